The molecule has 0 amide bonds. The molecule has 26 heavy (non-hydrogen) atoms. The van der Waals surface area contributed by atoms with Gasteiger partial charge in [-0.15, -0.1) is 0 Å². The summed E-state index contributed by atoms with van der Waals surface area (Å²) in [6.45, 7) is 6.45. The lowest BCUT2D eigenvalue weighted by atomic mass is 9.81. The van der Waals surface area contributed by atoms with E-state index in [2.05, 4.69) is 40.1 Å². The van der Waals surface area contributed by atoms with E-state index in [0.29, 0.717) is 25.2 Å². The van der Waals surface area contributed by atoms with Gasteiger partial charge in [0, 0.05) is 31.6 Å². The average Bonchev–Trinajstić information content (AvgIpc) is 3.25. The first-order valence-electron chi connectivity index (χ1n) is 9.88. The maximum Gasteiger partial charge on any atom is 0.315 e. The minimum absolute atomic E-state index is 0.0807. The van der Waals surface area contributed by atoms with Crippen molar-refractivity contribution in [1.29, 1.82) is 0 Å². The van der Waals surface area contributed by atoms with Crippen molar-refractivity contribution >= 4 is 5.97 Å². The number of hydrogen-bond donors (Lipinski definition) is 0. The Balaban J connectivity index is 1.28. The predicted molar refractivity (Wildman–Crippen MR) is 99.9 cm³/mol. The van der Waals surface area contributed by atoms with Crippen molar-refractivity contribution in [2.75, 3.05) is 53.0 Å². The third kappa shape index (κ3) is 3.40. The summed E-state index contributed by atoms with van der Waals surface area (Å²) in [5.41, 5.74) is 1.00. The molecule has 0 radical (unpaired) electrons. The molecule has 0 spiro atoms. The highest BCUT2D eigenvalue weighted by Gasteiger charge is 2.57. The molecule has 0 saturated carbocycles. The Kier molecular flexibility index (Phi) is 5.30. The number of ether oxygens (including phenoxy) is 2. The molecule has 1 aromatic rings. The van der Waals surface area contributed by atoms with Crippen molar-refractivity contribution in [2.24, 2.45) is 11.3 Å². The molecule has 0 aliphatic carbocycles. The van der Waals surface area contributed by atoms with Gasteiger partial charge in [-0.3, -0.25) is 9.69 Å². The maximum absolute atomic E-state index is 12.4. The summed E-state index contributed by atoms with van der Waals surface area (Å²) in [7, 11) is 1.50. The largest absolute Gasteiger partial charge is 0.468 e. The Bertz CT molecular complexity index is 615. The normalized spacial score (nSPS) is 30.4. The van der Waals surface area contributed by atoms with Gasteiger partial charge in [0.1, 0.15) is 5.41 Å². The van der Waals surface area contributed by atoms with Crippen LogP contribution in [0.2, 0.25) is 0 Å². The zero-order chi connectivity index (χ0) is 18.0. The number of carbonyl (C=O) groups is 1. The first-order valence-corrected chi connectivity index (χ1v) is 9.88. The van der Waals surface area contributed by atoms with Gasteiger partial charge in [0.15, 0.2) is 0 Å². The minimum atomic E-state index is -0.417. The van der Waals surface area contributed by atoms with Crippen LogP contribution < -0.4 is 0 Å². The molecule has 3 heterocycles. The second-order valence-corrected chi connectivity index (χ2v) is 8.10. The lowest BCUT2D eigenvalue weighted by Crippen LogP contribution is -2.46. The van der Waals surface area contributed by atoms with Gasteiger partial charge < -0.3 is 14.4 Å². The second kappa shape index (κ2) is 7.67. The molecule has 5 heteroatoms. The average molecular weight is 358 g/mol. The van der Waals surface area contributed by atoms with Crippen LogP contribution in [0.15, 0.2) is 30.3 Å². The van der Waals surface area contributed by atoms with Crippen molar-refractivity contribution in [3.8, 4) is 0 Å². The molecule has 3 aliphatic rings. The van der Waals surface area contributed by atoms with Gasteiger partial charge in [-0.2, -0.15) is 0 Å². The number of carbonyl (C=O) groups excluding carboxylic acids is 1. The van der Waals surface area contributed by atoms with Crippen molar-refractivity contribution in [1.82, 2.24) is 9.80 Å². The predicted octanol–water partition coefficient (Wildman–Crippen LogP) is 1.81. The van der Waals surface area contributed by atoms with E-state index in [4.69, 9.17) is 9.47 Å². The Hall–Kier alpha value is -1.43. The van der Waals surface area contributed by atoms with Gasteiger partial charge in [-0.1, -0.05) is 30.3 Å². The monoisotopic (exact) mass is 358 g/mol. The van der Waals surface area contributed by atoms with Crippen molar-refractivity contribution in [2.45, 2.75) is 25.3 Å². The SMILES string of the molecule is COC(=O)[C@@]12COC[C@@H]1CN(C1CCN(CCc3ccccc3)CC1)C2. The molecule has 3 fully saturated rings. The van der Waals surface area contributed by atoms with Crippen LogP contribution in [-0.2, 0) is 20.7 Å². The van der Waals surface area contributed by atoms with E-state index < -0.39 is 5.41 Å². The topological polar surface area (TPSA) is 42.0 Å². The molecule has 2 atom stereocenters. The highest BCUT2D eigenvalue weighted by atomic mass is 16.5. The number of methoxy groups -OCH3 is 1. The number of hydrogen-bond acceptors (Lipinski definition) is 5. The van der Waals surface area contributed by atoms with Crippen LogP contribution >= 0.6 is 0 Å². The Morgan fingerprint density at radius 3 is 2.77 bits per heavy atom. The van der Waals surface area contributed by atoms with Crippen molar-refractivity contribution in [3.63, 3.8) is 0 Å². The molecule has 0 bridgehead atoms. The summed E-state index contributed by atoms with van der Waals surface area (Å²) in [6, 6.07) is 11.3. The summed E-state index contributed by atoms with van der Waals surface area (Å²) in [6.07, 6.45) is 3.51. The Labute approximate surface area is 156 Å². The van der Waals surface area contributed by atoms with E-state index in [1.54, 1.807) is 0 Å². The molecular weight excluding hydrogens is 328 g/mol. The van der Waals surface area contributed by atoms with Gasteiger partial charge in [-0.05, 0) is 37.9 Å². The summed E-state index contributed by atoms with van der Waals surface area (Å²) < 4.78 is 10.7. The van der Waals surface area contributed by atoms with Crippen LogP contribution in [0.4, 0.5) is 0 Å². The highest BCUT2D eigenvalue weighted by molar-refractivity contribution is 5.78. The molecule has 142 valence electrons. The summed E-state index contributed by atoms with van der Waals surface area (Å²) in [5.74, 6) is 0.217. The first-order chi connectivity index (χ1) is 12.7. The zero-order valence-electron chi connectivity index (χ0n) is 15.7. The number of rotatable bonds is 5. The van der Waals surface area contributed by atoms with Gasteiger partial charge in [0.2, 0.25) is 0 Å². The summed E-state index contributed by atoms with van der Waals surface area (Å²) >= 11 is 0. The second-order valence-electron chi connectivity index (χ2n) is 8.10. The number of nitrogens with zero attached hydrogens (tertiary/aromatic N) is 2. The number of piperidine rings is 1. The van der Waals surface area contributed by atoms with E-state index in [9.17, 15) is 4.79 Å². The lowest BCUT2D eigenvalue weighted by molar-refractivity contribution is -0.153. The quantitative estimate of drug-likeness (QED) is 0.751. The Morgan fingerprint density at radius 1 is 1.27 bits per heavy atom. The number of fused-ring (bicyclic) bond motifs is 1. The molecule has 0 aromatic heterocycles. The first kappa shape index (κ1) is 18.0. The lowest BCUT2D eigenvalue weighted by Gasteiger charge is -2.37. The van der Waals surface area contributed by atoms with Gasteiger partial charge >= 0.3 is 5.97 Å². The van der Waals surface area contributed by atoms with Gasteiger partial charge in [0.05, 0.1) is 20.3 Å². The molecule has 5 nitrogen and oxygen atoms in total. The fourth-order valence-corrected chi connectivity index (χ4v) is 4.98. The Morgan fingerprint density at radius 2 is 2.04 bits per heavy atom. The number of likely N-dealkylation sites (tertiary alicyclic amines) is 2. The number of esters is 1. The van der Waals surface area contributed by atoms with E-state index >= 15 is 0 Å². The molecule has 3 aliphatic heterocycles. The molecule has 0 unspecified atom stereocenters. The van der Waals surface area contributed by atoms with Crippen molar-refractivity contribution < 1.29 is 14.3 Å². The van der Waals surface area contributed by atoms with E-state index in [0.717, 1.165) is 39.1 Å². The van der Waals surface area contributed by atoms with Crippen molar-refractivity contribution in [3.05, 3.63) is 35.9 Å². The zero-order valence-corrected chi connectivity index (χ0v) is 15.7. The smallest absolute Gasteiger partial charge is 0.315 e. The summed E-state index contributed by atoms with van der Waals surface area (Å²) in [5, 5.41) is 0. The van der Waals surface area contributed by atoms with Gasteiger partial charge in [-0.25, -0.2) is 0 Å². The van der Waals surface area contributed by atoms with Crippen LogP contribution in [0.5, 0.6) is 0 Å². The fraction of sp³-hybridized carbons (Fsp3) is 0.667. The van der Waals surface area contributed by atoms with Crippen LogP contribution in [0, 0.1) is 11.3 Å². The molecule has 4 rings (SSSR count). The fourth-order valence-electron chi connectivity index (χ4n) is 4.98. The molecule has 1 aromatic carbocycles. The third-order valence-corrected chi connectivity index (χ3v) is 6.63. The standard InChI is InChI=1S/C21H30N2O3/c1-25-20(24)21-15-23(13-18(21)14-26-16-21)19-8-11-22(12-9-19)10-7-17-5-3-2-4-6-17/h2-6,18-19H,7-16H2,1H3/t18-,21-/m0/s1. The third-order valence-electron chi connectivity index (χ3n) is 6.63. The van der Waals surface area contributed by atoms with E-state index in [-0.39, 0.29) is 5.97 Å². The van der Waals surface area contributed by atoms with E-state index in [1.807, 2.05) is 0 Å². The molecular formula is C21H30N2O3. The minimum Gasteiger partial charge on any atom is -0.468 e. The summed E-state index contributed by atoms with van der Waals surface area (Å²) in [4.78, 5) is 17.5. The van der Waals surface area contributed by atoms with Gasteiger partial charge in [0.25, 0.3) is 0 Å². The maximum atomic E-state index is 12.4. The van der Waals surface area contributed by atoms with Crippen LogP contribution in [0.3, 0.4) is 0 Å². The molecule has 3 saturated heterocycles. The highest BCUT2D eigenvalue weighted by Crippen LogP contribution is 2.43. The molecule has 0 N–H and O–H groups in total. The number of benzene rings is 1. The van der Waals surface area contributed by atoms with Crippen LogP contribution in [0.1, 0.15) is 18.4 Å². The van der Waals surface area contributed by atoms with Crippen LogP contribution in [0.25, 0.3) is 0 Å². The van der Waals surface area contributed by atoms with Crippen LogP contribution in [-0.4, -0.2) is 74.9 Å². The van der Waals surface area contributed by atoms with E-state index in [1.165, 1.54) is 25.5 Å².